The second-order valence-corrected chi connectivity index (χ2v) is 5.23. The molecule has 0 aliphatic carbocycles. The summed E-state index contributed by atoms with van der Waals surface area (Å²) >= 11 is 0. The summed E-state index contributed by atoms with van der Waals surface area (Å²) in [7, 11) is 1.95. The molecule has 5 nitrogen and oxygen atoms in total. The van der Waals surface area contributed by atoms with Crippen LogP contribution in [0.25, 0.3) is 0 Å². The van der Waals surface area contributed by atoms with Gasteiger partial charge in [-0.1, -0.05) is 0 Å². The molecule has 116 valence electrons. The maximum atomic E-state index is 13.7. The van der Waals surface area contributed by atoms with Crippen molar-refractivity contribution >= 4 is 5.69 Å². The van der Waals surface area contributed by atoms with Gasteiger partial charge in [0.1, 0.15) is 0 Å². The van der Waals surface area contributed by atoms with Crippen LogP contribution in [0.1, 0.15) is 11.1 Å². The van der Waals surface area contributed by atoms with Gasteiger partial charge in [0, 0.05) is 32.7 Å². The molecule has 1 fully saturated rings. The molecule has 1 aromatic rings. The Hall–Kier alpha value is -1.67. The molecule has 0 amide bonds. The van der Waals surface area contributed by atoms with Crippen LogP contribution in [0.15, 0.2) is 0 Å². The molecule has 2 rings (SSSR count). The number of nitro groups is 1. The van der Waals surface area contributed by atoms with Crippen LogP contribution < -0.4 is 0 Å². The van der Waals surface area contributed by atoms with Crippen LogP contribution in [0.2, 0.25) is 0 Å². The van der Waals surface area contributed by atoms with Crippen molar-refractivity contribution in [2.45, 2.75) is 13.5 Å². The highest BCUT2D eigenvalue weighted by atomic mass is 19.2. The quantitative estimate of drug-likeness (QED) is 0.487. The van der Waals surface area contributed by atoms with Crippen LogP contribution in [0.4, 0.5) is 18.9 Å². The highest BCUT2D eigenvalue weighted by Crippen LogP contribution is 2.31. The first-order valence-corrected chi connectivity index (χ1v) is 6.54. The molecule has 0 N–H and O–H groups in total. The van der Waals surface area contributed by atoms with Crippen molar-refractivity contribution in [3.8, 4) is 0 Å². The molecular formula is C13H16F3N3O2. The zero-order chi connectivity index (χ0) is 15.7. The predicted octanol–water partition coefficient (Wildman–Crippen LogP) is 2.07. The third-order valence-corrected chi connectivity index (χ3v) is 3.82. The lowest BCUT2D eigenvalue weighted by Crippen LogP contribution is -2.44. The first kappa shape index (κ1) is 15.7. The van der Waals surface area contributed by atoms with Crippen molar-refractivity contribution in [2.75, 3.05) is 33.2 Å². The summed E-state index contributed by atoms with van der Waals surface area (Å²) in [6.07, 6.45) is 0. The molecule has 0 aromatic heterocycles. The number of hydrogen-bond donors (Lipinski definition) is 0. The van der Waals surface area contributed by atoms with Crippen molar-refractivity contribution in [1.82, 2.24) is 9.80 Å². The van der Waals surface area contributed by atoms with Crippen molar-refractivity contribution in [3.63, 3.8) is 0 Å². The van der Waals surface area contributed by atoms with E-state index in [-0.39, 0.29) is 17.7 Å². The third kappa shape index (κ3) is 3.01. The van der Waals surface area contributed by atoms with E-state index >= 15 is 0 Å². The minimum Gasteiger partial charge on any atom is -0.304 e. The van der Waals surface area contributed by atoms with Gasteiger partial charge in [-0.05, 0) is 19.5 Å². The third-order valence-electron chi connectivity index (χ3n) is 3.82. The lowest BCUT2D eigenvalue weighted by molar-refractivity contribution is -0.388. The molecule has 0 spiro atoms. The number of benzene rings is 1. The molecule has 8 heteroatoms. The number of nitrogens with zero attached hydrogens (tertiary/aromatic N) is 3. The zero-order valence-electron chi connectivity index (χ0n) is 11.8. The molecule has 0 atom stereocenters. The summed E-state index contributed by atoms with van der Waals surface area (Å²) < 4.78 is 40.7. The van der Waals surface area contributed by atoms with Gasteiger partial charge in [0.25, 0.3) is 0 Å². The van der Waals surface area contributed by atoms with Crippen molar-refractivity contribution in [2.24, 2.45) is 0 Å². The number of piperazine rings is 1. The Morgan fingerprint density at radius 1 is 1.10 bits per heavy atom. The van der Waals surface area contributed by atoms with E-state index in [4.69, 9.17) is 0 Å². The van der Waals surface area contributed by atoms with E-state index in [0.29, 0.717) is 13.1 Å². The monoisotopic (exact) mass is 303 g/mol. The van der Waals surface area contributed by atoms with Crippen molar-refractivity contribution < 1.29 is 18.1 Å². The second kappa shape index (κ2) is 5.98. The van der Waals surface area contributed by atoms with Gasteiger partial charge in [-0.3, -0.25) is 15.0 Å². The highest BCUT2D eigenvalue weighted by Gasteiger charge is 2.31. The normalized spacial score (nSPS) is 17.2. The van der Waals surface area contributed by atoms with Gasteiger partial charge in [-0.15, -0.1) is 0 Å². The average Bonchev–Trinajstić information content (AvgIpc) is 2.44. The Morgan fingerprint density at radius 3 is 2.19 bits per heavy atom. The SMILES string of the molecule is Cc1c(F)c(F)c(F)c([N+](=O)[O-])c1CN1CCN(C)CC1. The summed E-state index contributed by atoms with van der Waals surface area (Å²) in [6, 6.07) is 0. The summed E-state index contributed by atoms with van der Waals surface area (Å²) in [5.74, 6) is -4.88. The van der Waals surface area contributed by atoms with Crippen LogP contribution in [0.3, 0.4) is 0 Å². The van der Waals surface area contributed by atoms with Gasteiger partial charge in [-0.2, -0.15) is 4.39 Å². The van der Waals surface area contributed by atoms with E-state index < -0.39 is 28.1 Å². The van der Waals surface area contributed by atoms with E-state index in [9.17, 15) is 23.3 Å². The smallest absolute Gasteiger partial charge is 0.304 e. The number of hydrogen-bond acceptors (Lipinski definition) is 4. The van der Waals surface area contributed by atoms with E-state index in [1.165, 1.54) is 6.92 Å². The predicted molar refractivity (Wildman–Crippen MR) is 70.5 cm³/mol. The molecule has 0 unspecified atom stereocenters. The van der Waals surface area contributed by atoms with Gasteiger partial charge >= 0.3 is 5.69 Å². The Balaban J connectivity index is 2.40. The molecular weight excluding hydrogens is 287 g/mol. The van der Waals surface area contributed by atoms with Gasteiger partial charge in [-0.25, -0.2) is 8.78 Å². The molecule has 21 heavy (non-hydrogen) atoms. The average molecular weight is 303 g/mol. The van der Waals surface area contributed by atoms with Gasteiger partial charge in [0.05, 0.1) is 10.5 Å². The van der Waals surface area contributed by atoms with Gasteiger partial charge in [0.15, 0.2) is 5.82 Å². The van der Waals surface area contributed by atoms with E-state index in [1.54, 1.807) is 0 Å². The molecule has 1 aromatic carbocycles. The fraction of sp³-hybridized carbons (Fsp3) is 0.538. The van der Waals surface area contributed by atoms with Crippen molar-refractivity contribution in [1.29, 1.82) is 0 Å². The number of halogens is 3. The van der Waals surface area contributed by atoms with E-state index in [2.05, 4.69) is 4.90 Å². The van der Waals surface area contributed by atoms with Gasteiger partial charge in [0.2, 0.25) is 11.6 Å². The van der Waals surface area contributed by atoms with Crippen molar-refractivity contribution in [3.05, 3.63) is 38.7 Å². The minimum atomic E-state index is -1.79. The van der Waals surface area contributed by atoms with Crippen LogP contribution in [-0.2, 0) is 6.54 Å². The second-order valence-electron chi connectivity index (χ2n) is 5.23. The minimum absolute atomic E-state index is 0.0319. The number of nitro benzene ring substituents is 1. The Kier molecular flexibility index (Phi) is 4.48. The number of rotatable bonds is 3. The van der Waals surface area contributed by atoms with Crippen LogP contribution in [0.5, 0.6) is 0 Å². The Labute approximate surface area is 120 Å². The molecule has 0 bridgehead atoms. The summed E-state index contributed by atoms with van der Waals surface area (Å²) in [6.45, 7) is 4.06. The van der Waals surface area contributed by atoms with E-state index in [0.717, 1.165) is 13.1 Å². The molecule has 1 heterocycles. The maximum Gasteiger partial charge on any atom is 0.312 e. The molecule has 0 radical (unpaired) electrons. The topological polar surface area (TPSA) is 49.6 Å². The van der Waals surface area contributed by atoms with Gasteiger partial charge < -0.3 is 4.90 Å². The lowest BCUT2D eigenvalue weighted by atomic mass is 10.0. The maximum absolute atomic E-state index is 13.7. The lowest BCUT2D eigenvalue weighted by Gasteiger charge is -2.32. The molecule has 1 aliphatic rings. The fourth-order valence-corrected chi connectivity index (χ4v) is 2.42. The molecule has 1 saturated heterocycles. The number of likely N-dealkylation sites (N-methyl/N-ethyl adjacent to an activating group) is 1. The molecule has 0 saturated carbocycles. The first-order chi connectivity index (χ1) is 9.82. The summed E-state index contributed by atoms with van der Waals surface area (Å²) in [5, 5.41) is 11.0. The fourth-order valence-electron chi connectivity index (χ4n) is 2.42. The summed E-state index contributed by atoms with van der Waals surface area (Å²) in [5.41, 5.74) is -1.27. The standard InChI is InChI=1S/C13H16F3N3O2/c1-8-9(7-18-5-3-17(2)4-6-18)13(19(20)21)12(16)11(15)10(8)14/h3-7H2,1-2H3. The Bertz CT molecular complexity index is 573. The molecule has 1 aliphatic heterocycles. The van der Waals surface area contributed by atoms with E-state index in [1.807, 2.05) is 11.9 Å². The first-order valence-electron chi connectivity index (χ1n) is 6.54. The largest absolute Gasteiger partial charge is 0.312 e. The van der Waals surface area contributed by atoms with Crippen LogP contribution >= 0.6 is 0 Å². The van der Waals surface area contributed by atoms with Crippen LogP contribution in [-0.4, -0.2) is 47.9 Å². The highest BCUT2D eigenvalue weighted by molar-refractivity contribution is 5.47. The Morgan fingerprint density at radius 2 is 1.67 bits per heavy atom. The summed E-state index contributed by atoms with van der Waals surface area (Å²) in [4.78, 5) is 14.0. The van der Waals surface area contributed by atoms with Crippen LogP contribution in [0, 0.1) is 34.5 Å². The zero-order valence-corrected chi connectivity index (χ0v) is 11.8.